The Morgan fingerprint density at radius 2 is 2.16 bits per heavy atom. The van der Waals surface area contributed by atoms with E-state index >= 15 is 0 Å². The molecule has 1 aliphatic carbocycles. The third-order valence-corrected chi connectivity index (χ3v) is 4.63. The first-order valence-corrected chi connectivity index (χ1v) is 7.26. The summed E-state index contributed by atoms with van der Waals surface area (Å²) in [4.78, 5) is 11.6. The fourth-order valence-corrected chi connectivity index (χ4v) is 3.19. The monoisotopic (exact) mass is 342 g/mol. The number of hydrogen-bond acceptors (Lipinski definition) is 2. The normalized spacial score (nSPS) is 24.5. The van der Waals surface area contributed by atoms with Crippen molar-refractivity contribution in [2.75, 3.05) is 7.11 Å². The number of esters is 1. The van der Waals surface area contributed by atoms with Gasteiger partial charge in [-0.25, -0.2) is 0 Å². The molecule has 0 bridgehead atoms. The predicted molar refractivity (Wildman–Crippen MR) is 81.0 cm³/mol. The van der Waals surface area contributed by atoms with Crippen molar-refractivity contribution in [3.05, 3.63) is 39.3 Å². The fourth-order valence-electron chi connectivity index (χ4n) is 2.46. The van der Waals surface area contributed by atoms with E-state index in [2.05, 4.69) is 35.9 Å². The molecule has 2 unspecified atom stereocenters. The van der Waals surface area contributed by atoms with Gasteiger partial charge in [-0.1, -0.05) is 59.6 Å². The van der Waals surface area contributed by atoms with Crippen molar-refractivity contribution < 1.29 is 9.53 Å². The molecular weight excluding hydrogens is 328 g/mol. The smallest absolute Gasteiger partial charge is 0.309 e. The van der Waals surface area contributed by atoms with Crippen molar-refractivity contribution in [1.82, 2.24) is 0 Å². The zero-order chi connectivity index (χ0) is 14.2. The summed E-state index contributed by atoms with van der Waals surface area (Å²) in [5, 5.41) is 0.693. The van der Waals surface area contributed by atoms with E-state index in [1.807, 2.05) is 24.3 Å². The summed E-state index contributed by atoms with van der Waals surface area (Å²) in [6.45, 7) is 4.15. The summed E-state index contributed by atoms with van der Waals surface area (Å²) in [6, 6.07) is 5.75. The summed E-state index contributed by atoms with van der Waals surface area (Å²) in [6.07, 6.45) is 4.03. The van der Waals surface area contributed by atoms with E-state index in [1.165, 1.54) is 7.11 Å². The molecule has 2 nitrogen and oxygen atoms in total. The Hall–Kier alpha value is -0.800. The summed E-state index contributed by atoms with van der Waals surface area (Å²) < 4.78 is 5.78. The molecule has 1 aromatic rings. The van der Waals surface area contributed by atoms with Crippen LogP contribution in [0.2, 0.25) is 5.02 Å². The summed E-state index contributed by atoms with van der Waals surface area (Å²) in [5.41, 5.74) is 0.919. The van der Waals surface area contributed by atoms with Crippen LogP contribution in [0.25, 0.3) is 6.08 Å². The second kappa shape index (κ2) is 5.29. The van der Waals surface area contributed by atoms with Gasteiger partial charge in [0.25, 0.3) is 0 Å². The van der Waals surface area contributed by atoms with Gasteiger partial charge in [-0.3, -0.25) is 4.79 Å². The number of methoxy groups -OCH3 is 1. The van der Waals surface area contributed by atoms with Crippen LogP contribution in [0.15, 0.2) is 28.7 Å². The topological polar surface area (TPSA) is 26.3 Å². The molecule has 0 radical (unpaired) electrons. The predicted octanol–water partition coefficient (Wildman–Crippen LogP) is 4.56. The van der Waals surface area contributed by atoms with Crippen LogP contribution in [0.1, 0.15) is 19.4 Å². The Kier molecular flexibility index (Phi) is 4.07. The number of hydrogen-bond donors (Lipinski definition) is 0. The second-order valence-electron chi connectivity index (χ2n) is 5.37. The molecule has 0 aliphatic heterocycles. The second-order valence-corrected chi connectivity index (χ2v) is 6.70. The molecule has 19 heavy (non-hydrogen) atoms. The summed E-state index contributed by atoms with van der Waals surface area (Å²) >= 11 is 9.53. The van der Waals surface area contributed by atoms with Crippen LogP contribution in [-0.4, -0.2) is 13.1 Å². The van der Waals surface area contributed by atoms with Crippen molar-refractivity contribution >= 4 is 39.6 Å². The van der Waals surface area contributed by atoms with Gasteiger partial charge in [0.05, 0.1) is 13.0 Å². The number of carbonyl (C=O) groups excluding carboxylic acids is 1. The maximum absolute atomic E-state index is 11.6. The average Bonchev–Trinajstić information content (AvgIpc) is 2.89. The van der Waals surface area contributed by atoms with E-state index in [0.29, 0.717) is 5.02 Å². The Morgan fingerprint density at radius 3 is 2.74 bits per heavy atom. The number of rotatable bonds is 3. The van der Waals surface area contributed by atoms with Crippen LogP contribution >= 0.6 is 27.5 Å². The Bertz CT molecular complexity index is 537. The van der Waals surface area contributed by atoms with Gasteiger partial charge >= 0.3 is 5.97 Å². The molecule has 1 aromatic carbocycles. The number of benzene rings is 1. The molecule has 0 aromatic heterocycles. The van der Waals surface area contributed by atoms with Crippen LogP contribution in [0.4, 0.5) is 0 Å². The Balaban J connectivity index is 2.14. The van der Waals surface area contributed by atoms with Gasteiger partial charge in [-0.05, 0) is 29.0 Å². The average molecular weight is 344 g/mol. The number of allylic oxidation sites excluding steroid dienone is 1. The van der Waals surface area contributed by atoms with E-state index in [-0.39, 0.29) is 23.2 Å². The van der Waals surface area contributed by atoms with E-state index in [0.717, 1.165) is 10.0 Å². The standard InChI is InChI=1S/C15H16BrClO2/c1-15(2)11(13(15)14(18)19-3)7-5-9-4-6-10(16)8-12(9)17/h4-8,11,13H,1-3H3/b7-5+. The first kappa shape index (κ1) is 14.6. The molecule has 0 N–H and O–H groups in total. The lowest BCUT2D eigenvalue weighted by Crippen LogP contribution is -2.07. The van der Waals surface area contributed by atoms with Crippen molar-refractivity contribution in [3.8, 4) is 0 Å². The third kappa shape index (κ3) is 2.87. The van der Waals surface area contributed by atoms with Crippen molar-refractivity contribution in [1.29, 1.82) is 0 Å². The molecule has 1 aliphatic rings. The minimum Gasteiger partial charge on any atom is -0.469 e. The summed E-state index contributed by atoms with van der Waals surface area (Å²) in [7, 11) is 1.43. The van der Waals surface area contributed by atoms with Crippen LogP contribution in [0, 0.1) is 17.3 Å². The molecule has 0 amide bonds. The zero-order valence-electron chi connectivity index (χ0n) is 11.1. The minimum atomic E-state index is -0.137. The van der Waals surface area contributed by atoms with Crippen LogP contribution < -0.4 is 0 Å². The lowest BCUT2D eigenvalue weighted by atomic mass is 10.1. The van der Waals surface area contributed by atoms with Crippen molar-refractivity contribution in [3.63, 3.8) is 0 Å². The molecule has 4 heteroatoms. The zero-order valence-corrected chi connectivity index (χ0v) is 13.5. The van der Waals surface area contributed by atoms with Gasteiger partial charge in [0, 0.05) is 9.50 Å². The van der Waals surface area contributed by atoms with E-state index in [4.69, 9.17) is 16.3 Å². The van der Waals surface area contributed by atoms with Crippen LogP contribution in [0.3, 0.4) is 0 Å². The molecule has 2 atom stereocenters. The maximum Gasteiger partial charge on any atom is 0.309 e. The van der Waals surface area contributed by atoms with Gasteiger partial charge in [0.1, 0.15) is 0 Å². The highest BCUT2D eigenvalue weighted by Crippen LogP contribution is 2.59. The van der Waals surface area contributed by atoms with Gasteiger partial charge in [-0.15, -0.1) is 0 Å². The fraction of sp³-hybridized carbons (Fsp3) is 0.400. The van der Waals surface area contributed by atoms with Crippen LogP contribution in [0.5, 0.6) is 0 Å². The SMILES string of the molecule is COC(=O)C1C(/C=C/c2ccc(Br)cc2Cl)C1(C)C. The van der Waals surface area contributed by atoms with Crippen LogP contribution in [-0.2, 0) is 9.53 Å². The molecule has 0 spiro atoms. The van der Waals surface area contributed by atoms with Gasteiger partial charge < -0.3 is 4.74 Å². The molecular formula is C15H16BrClO2. The molecule has 1 saturated carbocycles. The van der Waals surface area contributed by atoms with Crippen molar-refractivity contribution in [2.24, 2.45) is 17.3 Å². The number of carbonyl (C=O) groups is 1. The first-order valence-electron chi connectivity index (χ1n) is 6.09. The van der Waals surface area contributed by atoms with E-state index in [1.54, 1.807) is 0 Å². The molecule has 0 heterocycles. The lowest BCUT2D eigenvalue weighted by Gasteiger charge is -2.00. The minimum absolute atomic E-state index is 0.0363. The lowest BCUT2D eigenvalue weighted by molar-refractivity contribution is -0.143. The summed E-state index contributed by atoms with van der Waals surface area (Å²) in [5.74, 6) is 0.0178. The molecule has 0 saturated heterocycles. The van der Waals surface area contributed by atoms with Gasteiger partial charge in [0.15, 0.2) is 0 Å². The third-order valence-electron chi connectivity index (χ3n) is 3.81. The first-order chi connectivity index (χ1) is 8.87. The Morgan fingerprint density at radius 1 is 1.47 bits per heavy atom. The highest BCUT2D eigenvalue weighted by atomic mass is 79.9. The van der Waals surface area contributed by atoms with E-state index in [9.17, 15) is 4.79 Å². The van der Waals surface area contributed by atoms with E-state index < -0.39 is 0 Å². The molecule has 102 valence electrons. The van der Waals surface area contributed by atoms with Crippen molar-refractivity contribution in [2.45, 2.75) is 13.8 Å². The molecule has 2 rings (SSSR count). The quantitative estimate of drug-likeness (QED) is 0.752. The maximum atomic E-state index is 11.6. The van der Waals surface area contributed by atoms with Gasteiger partial charge in [-0.2, -0.15) is 0 Å². The highest BCUT2D eigenvalue weighted by Gasteiger charge is 2.61. The Labute approximate surface area is 126 Å². The largest absolute Gasteiger partial charge is 0.469 e. The van der Waals surface area contributed by atoms with Gasteiger partial charge in [0.2, 0.25) is 0 Å². The molecule has 1 fully saturated rings. The highest BCUT2D eigenvalue weighted by molar-refractivity contribution is 9.10. The number of halogens is 2. The number of ether oxygens (including phenoxy) is 1.